The van der Waals surface area contributed by atoms with E-state index in [9.17, 15) is 9.90 Å². The van der Waals surface area contributed by atoms with Gasteiger partial charge in [-0.15, -0.1) is 0 Å². The number of carbonyl (C=O) groups is 1. The lowest BCUT2D eigenvalue weighted by atomic mass is 10.0. The van der Waals surface area contributed by atoms with E-state index in [0.717, 1.165) is 17.1 Å². The van der Waals surface area contributed by atoms with Gasteiger partial charge in [-0.2, -0.15) is 0 Å². The van der Waals surface area contributed by atoms with Gasteiger partial charge in [0, 0.05) is 29.1 Å². The van der Waals surface area contributed by atoms with Gasteiger partial charge in [0.15, 0.2) is 0 Å². The summed E-state index contributed by atoms with van der Waals surface area (Å²) >= 11 is 0. The van der Waals surface area contributed by atoms with Crippen molar-refractivity contribution >= 4 is 5.97 Å². The first-order valence-electron chi connectivity index (χ1n) is 7.34. The lowest BCUT2D eigenvalue weighted by molar-refractivity contribution is 0.0697. The van der Waals surface area contributed by atoms with E-state index in [1.54, 1.807) is 18.2 Å². The van der Waals surface area contributed by atoms with Crippen LogP contribution in [0, 0.1) is 6.92 Å². The van der Waals surface area contributed by atoms with E-state index >= 15 is 0 Å². The number of nitrogens with zero attached hydrogens (tertiary/aromatic N) is 2. The topological polar surface area (TPSA) is 63.1 Å². The first-order chi connectivity index (χ1) is 11.1. The van der Waals surface area contributed by atoms with Gasteiger partial charge in [0.1, 0.15) is 0 Å². The van der Waals surface area contributed by atoms with Gasteiger partial charge in [-0.05, 0) is 37.3 Å². The lowest BCUT2D eigenvalue weighted by Crippen LogP contribution is -2.02. The smallest absolute Gasteiger partial charge is 0.336 e. The zero-order chi connectivity index (χ0) is 16.2. The van der Waals surface area contributed by atoms with Gasteiger partial charge in [0.25, 0.3) is 0 Å². The Bertz CT molecular complexity index is 859. The van der Waals surface area contributed by atoms with Crippen LogP contribution in [0.4, 0.5) is 0 Å². The largest absolute Gasteiger partial charge is 0.478 e. The van der Waals surface area contributed by atoms with Crippen LogP contribution in [0.3, 0.4) is 0 Å². The molecule has 0 fully saturated rings. The van der Waals surface area contributed by atoms with Crippen molar-refractivity contribution in [1.82, 2.24) is 9.97 Å². The number of rotatable bonds is 4. The molecule has 0 radical (unpaired) electrons. The third-order valence-electron chi connectivity index (χ3n) is 3.55. The zero-order valence-electron chi connectivity index (χ0n) is 12.7. The van der Waals surface area contributed by atoms with Gasteiger partial charge in [-0.25, -0.2) is 4.79 Å². The predicted molar refractivity (Wildman–Crippen MR) is 88.4 cm³/mol. The van der Waals surface area contributed by atoms with Crippen molar-refractivity contribution in [3.05, 3.63) is 83.3 Å². The Kier molecular flexibility index (Phi) is 4.15. The molecule has 4 heteroatoms. The molecule has 0 atom stereocenters. The lowest BCUT2D eigenvalue weighted by Gasteiger charge is -2.08. The Balaban J connectivity index is 1.96. The van der Waals surface area contributed by atoms with Crippen molar-refractivity contribution in [2.75, 3.05) is 0 Å². The van der Waals surface area contributed by atoms with Crippen molar-refractivity contribution in [1.29, 1.82) is 0 Å². The maximum atomic E-state index is 11.4. The first kappa shape index (κ1) is 14.9. The summed E-state index contributed by atoms with van der Waals surface area (Å²) in [5.74, 6) is -0.951. The third-order valence-corrected chi connectivity index (χ3v) is 3.55. The minimum absolute atomic E-state index is 0.255. The van der Waals surface area contributed by atoms with Crippen molar-refractivity contribution in [2.45, 2.75) is 13.3 Å². The van der Waals surface area contributed by atoms with E-state index < -0.39 is 5.97 Å². The number of aryl methyl sites for hydroxylation is 1. The van der Waals surface area contributed by atoms with Gasteiger partial charge in [0.05, 0.1) is 11.3 Å². The summed E-state index contributed by atoms with van der Waals surface area (Å²) in [5.41, 5.74) is 4.31. The second kappa shape index (κ2) is 6.40. The molecular formula is C19H16N2O2. The molecule has 23 heavy (non-hydrogen) atoms. The number of benzene rings is 1. The van der Waals surface area contributed by atoms with Gasteiger partial charge in [-0.3, -0.25) is 9.97 Å². The van der Waals surface area contributed by atoms with Crippen LogP contribution in [0.1, 0.15) is 27.4 Å². The summed E-state index contributed by atoms with van der Waals surface area (Å²) in [6.45, 7) is 1.95. The molecule has 2 aromatic heterocycles. The van der Waals surface area contributed by atoms with Crippen LogP contribution in [0.5, 0.6) is 0 Å². The summed E-state index contributed by atoms with van der Waals surface area (Å²) in [5, 5.41) is 9.32. The summed E-state index contributed by atoms with van der Waals surface area (Å²) in [6, 6.07) is 18.4. The Morgan fingerprint density at radius 1 is 0.913 bits per heavy atom. The van der Waals surface area contributed by atoms with E-state index in [-0.39, 0.29) is 5.56 Å². The molecule has 0 aliphatic heterocycles. The van der Waals surface area contributed by atoms with Crippen molar-refractivity contribution in [3.63, 3.8) is 0 Å². The van der Waals surface area contributed by atoms with E-state index in [4.69, 9.17) is 0 Å². The van der Waals surface area contributed by atoms with Crippen LogP contribution in [-0.2, 0) is 6.42 Å². The normalized spacial score (nSPS) is 10.5. The van der Waals surface area contributed by atoms with Crippen LogP contribution in [0.2, 0.25) is 0 Å². The molecule has 114 valence electrons. The monoisotopic (exact) mass is 304 g/mol. The highest BCUT2D eigenvalue weighted by Crippen LogP contribution is 2.22. The maximum absolute atomic E-state index is 11.4. The second-order valence-corrected chi connectivity index (χ2v) is 5.31. The van der Waals surface area contributed by atoms with E-state index in [1.807, 2.05) is 49.4 Å². The molecule has 3 aromatic rings. The number of hydrogen-bond donors (Lipinski definition) is 1. The molecule has 4 nitrogen and oxygen atoms in total. The molecule has 0 spiro atoms. The number of carboxylic acids is 1. The van der Waals surface area contributed by atoms with Gasteiger partial charge in [-0.1, -0.05) is 30.3 Å². The molecule has 0 bridgehead atoms. The van der Waals surface area contributed by atoms with E-state index in [0.29, 0.717) is 17.7 Å². The van der Waals surface area contributed by atoms with Crippen LogP contribution in [0.15, 0.2) is 60.7 Å². The molecule has 1 N–H and O–H groups in total. The van der Waals surface area contributed by atoms with Crippen molar-refractivity contribution in [2.24, 2.45) is 0 Å². The highest BCUT2D eigenvalue weighted by Gasteiger charge is 2.12. The number of aromatic carboxylic acids is 1. The fourth-order valence-electron chi connectivity index (χ4n) is 2.50. The summed E-state index contributed by atoms with van der Waals surface area (Å²) in [6.07, 6.45) is 0.616. The Morgan fingerprint density at radius 2 is 1.61 bits per heavy atom. The molecular weight excluding hydrogens is 288 g/mol. The second-order valence-electron chi connectivity index (χ2n) is 5.31. The molecule has 2 heterocycles. The van der Waals surface area contributed by atoms with Crippen LogP contribution < -0.4 is 0 Å². The Labute approximate surface area is 134 Å². The SMILES string of the molecule is Cc1cccc(Cc2cccc(-c3ccccc3C(=O)O)n2)n1. The van der Waals surface area contributed by atoms with Crippen LogP contribution >= 0.6 is 0 Å². The third kappa shape index (κ3) is 3.43. The van der Waals surface area contributed by atoms with E-state index in [2.05, 4.69) is 9.97 Å². The fraction of sp³-hybridized carbons (Fsp3) is 0.105. The average molecular weight is 304 g/mol. The van der Waals surface area contributed by atoms with Crippen molar-refractivity contribution < 1.29 is 9.90 Å². The maximum Gasteiger partial charge on any atom is 0.336 e. The standard InChI is InChI=1S/C19H16N2O2/c1-13-6-4-7-14(20-13)12-15-8-5-11-18(21-15)16-9-2-3-10-17(16)19(22)23/h2-11H,12H2,1H3,(H,22,23). The fourth-order valence-corrected chi connectivity index (χ4v) is 2.50. The molecule has 0 saturated carbocycles. The van der Waals surface area contributed by atoms with Crippen molar-refractivity contribution in [3.8, 4) is 11.3 Å². The minimum Gasteiger partial charge on any atom is -0.478 e. The summed E-state index contributed by atoms with van der Waals surface area (Å²) < 4.78 is 0. The minimum atomic E-state index is -0.951. The zero-order valence-corrected chi connectivity index (χ0v) is 12.7. The highest BCUT2D eigenvalue weighted by molar-refractivity contribution is 5.95. The molecule has 0 aliphatic rings. The predicted octanol–water partition coefficient (Wildman–Crippen LogP) is 3.74. The number of hydrogen-bond acceptors (Lipinski definition) is 3. The molecule has 3 rings (SSSR count). The number of pyridine rings is 2. The summed E-state index contributed by atoms with van der Waals surface area (Å²) in [4.78, 5) is 20.5. The molecule has 1 aromatic carbocycles. The average Bonchev–Trinajstić information content (AvgIpc) is 2.55. The van der Waals surface area contributed by atoms with Crippen LogP contribution in [-0.4, -0.2) is 21.0 Å². The molecule has 0 amide bonds. The molecule has 0 saturated heterocycles. The molecule has 0 unspecified atom stereocenters. The van der Waals surface area contributed by atoms with Gasteiger partial charge >= 0.3 is 5.97 Å². The Hall–Kier alpha value is -3.01. The highest BCUT2D eigenvalue weighted by atomic mass is 16.4. The van der Waals surface area contributed by atoms with Gasteiger partial charge in [0.2, 0.25) is 0 Å². The van der Waals surface area contributed by atoms with Crippen LogP contribution in [0.25, 0.3) is 11.3 Å². The summed E-state index contributed by atoms with van der Waals surface area (Å²) in [7, 11) is 0. The Morgan fingerprint density at radius 3 is 2.35 bits per heavy atom. The van der Waals surface area contributed by atoms with E-state index in [1.165, 1.54) is 0 Å². The first-order valence-corrected chi connectivity index (χ1v) is 7.34. The number of aromatic nitrogens is 2. The quantitative estimate of drug-likeness (QED) is 0.797. The molecule has 0 aliphatic carbocycles. The number of carboxylic acid groups (broad SMARTS) is 1. The van der Waals surface area contributed by atoms with Gasteiger partial charge < -0.3 is 5.11 Å².